The van der Waals surface area contributed by atoms with Crippen molar-refractivity contribution in [1.29, 1.82) is 0 Å². The monoisotopic (exact) mass is 565 g/mol. The SMILES string of the molecule is C=C1Nc2c(N)nc(CCCCC)nc2N1Cc1ccc(CN(C)CCCCCOCCCCCCCCC)nc1. The molecule has 2 aromatic heterocycles. The number of anilines is 3. The highest BCUT2D eigenvalue weighted by Gasteiger charge is 2.27. The zero-order chi connectivity index (χ0) is 29.3. The molecule has 2 aromatic rings. The van der Waals surface area contributed by atoms with Gasteiger partial charge in [-0.3, -0.25) is 4.98 Å². The van der Waals surface area contributed by atoms with Crippen molar-refractivity contribution in [1.82, 2.24) is 19.9 Å². The number of hydrogen-bond acceptors (Lipinski definition) is 8. The highest BCUT2D eigenvalue weighted by atomic mass is 16.5. The van der Waals surface area contributed by atoms with Gasteiger partial charge in [0.2, 0.25) is 0 Å². The van der Waals surface area contributed by atoms with Gasteiger partial charge in [-0.05, 0) is 57.3 Å². The molecule has 0 atom stereocenters. The quantitative estimate of drug-likeness (QED) is 0.142. The van der Waals surface area contributed by atoms with E-state index in [0.717, 1.165) is 86.4 Å². The molecule has 8 nitrogen and oxygen atoms in total. The topological polar surface area (TPSA) is 92.4 Å². The van der Waals surface area contributed by atoms with E-state index in [9.17, 15) is 0 Å². The van der Waals surface area contributed by atoms with Crippen LogP contribution >= 0.6 is 0 Å². The summed E-state index contributed by atoms with van der Waals surface area (Å²) in [5.74, 6) is 2.85. The molecule has 8 heteroatoms. The predicted molar refractivity (Wildman–Crippen MR) is 172 cm³/mol. The molecule has 0 radical (unpaired) electrons. The van der Waals surface area contributed by atoms with E-state index < -0.39 is 0 Å². The van der Waals surface area contributed by atoms with Crippen molar-refractivity contribution in [2.24, 2.45) is 0 Å². The van der Waals surface area contributed by atoms with Gasteiger partial charge < -0.3 is 25.6 Å². The molecule has 3 rings (SSSR count). The molecule has 0 saturated heterocycles. The number of aromatic nitrogens is 3. The smallest absolute Gasteiger partial charge is 0.164 e. The van der Waals surface area contributed by atoms with Crippen molar-refractivity contribution >= 4 is 17.3 Å². The van der Waals surface area contributed by atoms with Crippen molar-refractivity contribution in [2.75, 3.05) is 42.8 Å². The summed E-state index contributed by atoms with van der Waals surface area (Å²) >= 11 is 0. The van der Waals surface area contributed by atoms with Gasteiger partial charge in [0.15, 0.2) is 11.6 Å². The Morgan fingerprint density at radius 2 is 1.59 bits per heavy atom. The number of aryl methyl sites for hydroxylation is 1. The molecule has 3 N–H and O–H groups in total. The Morgan fingerprint density at radius 1 is 0.902 bits per heavy atom. The van der Waals surface area contributed by atoms with Crippen LogP contribution in [-0.4, -0.2) is 46.7 Å². The van der Waals surface area contributed by atoms with Gasteiger partial charge in [0.25, 0.3) is 0 Å². The maximum Gasteiger partial charge on any atom is 0.164 e. The van der Waals surface area contributed by atoms with Crippen LogP contribution < -0.4 is 16.0 Å². The molecule has 0 amide bonds. The molecule has 0 saturated carbocycles. The molecule has 1 aliphatic heterocycles. The van der Waals surface area contributed by atoms with Crippen LogP contribution in [0.5, 0.6) is 0 Å². The molecule has 0 aliphatic carbocycles. The molecule has 0 unspecified atom stereocenters. The fourth-order valence-electron chi connectivity index (χ4n) is 5.19. The number of nitrogens with zero attached hydrogens (tertiary/aromatic N) is 5. The number of unbranched alkanes of at least 4 members (excludes halogenated alkanes) is 10. The summed E-state index contributed by atoms with van der Waals surface area (Å²) in [5.41, 5.74) is 9.19. The van der Waals surface area contributed by atoms with Crippen LogP contribution in [-0.2, 0) is 24.2 Å². The summed E-state index contributed by atoms with van der Waals surface area (Å²) in [6.45, 7) is 13.0. The average molecular weight is 566 g/mol. The summed E-state index contributed by atoms with van der Waals surface area (Å²) < 4.78 is 5.83. The third-order valence-corrected chi connectivity index (χ3v) is 7.70. The van der Waals surface area contributed by atoms with Gasteiger partial charge in [0.1, 0.15) is 17.3 Å². The van der Waals surface area contributed by atoms with Gasteiger partial charge in [0, 0.05) is 32.4 Å². The molecular weight excluding hydrogens is 510 g/mol. The highest BCUT2D eigenvalue weighted by molar-refractivity contribution is 5.84. The second-order valence-electron chi connectivity index (χ2n) is 11.5. The third kappa shape index (κ3) is 11.6. The lowest BCUT2D eigenvalue weighted by Gasteiger charge is -2.19. The van der Waals surface area contributed by atoms with Gasteiger partial charge in [-0.1, -0.05) is 77.9 Å². The molecular formula is C33H55N7O. The van der Waals surface area contributed by atoms with Crippen LogP contribution in [0.4, 0.5) is 17.3 Å². The van der Waals surface area contributed by atoms with Crippen LogP contribution in [0.1, 0.15) is 114 Å². The summed E-state index contributed by atoms with van der Waals surface area (Å²) in [7, 11) is 2.17. The molecule has 41 heavy (non-hydrogen) atoms. The molecule has 0 aromatic carbocycles. The van der Waals surface area contributed by atoms with Gasteiger partial charge >= 0.3 is 0 Å². The van der Waals surface area contributed by atoms with Crippen LogP contribution in [0.3, 0.4) is 0 Å². The Hall–Kier alpha value is -2.71. The molecule has 3 heterocycles. The summed E-state index contributed by atoms with van der Waals surface area (Å²) in [5, 5.41) is 3.27. The van der Waals surface area contributed by atoms with Gasteiger partial charge in [-0.2, -0.15) is 0 Å². The van der Waals surface area contributed by atoms with Crippen molar-refractivity contribution in [3.05, 3.63) is 47.8 Å². The maximum atomic E-state index is 6.25. The highest BCUT2D eigenvalue weighted by Crippen LogP contribution is 2.38. The first-order valence-corrected chi connectivity index (χ1v) is 16.1. The van der Waals surface area contributed by atoms with Gasteiger partial charge in [0.05, 0.1) is 12.2 Å². The van der Waals surface area contributed by atoms with E-state index in [2.05, 4.69) is 59.7 Å². The zero-order valence-corrected chi connectivity index (χ0v) is 26.1. The maximum absolute atomic E-state index is 6.25. The molecule has 1 aliphatic rings. The number of nitrogen functional groups attached to an aromatic ring is 1. The number of nitrogens with two attached hydrogens (primary N) is 1. The lowest BCUT2D eigenvalue weighted by atomic mass is 10.1. The van der Waals surface area contributed by atoms with Crippen molar-refractivity contribution in [2.45, 2.75) is 117 Å². The van der Waals surface area contributed by atoms with Gasteiger partial charge in [-0.25, -0.2) is 9.97 Å². The number of nitrogens with one attached hydrogen (secondary N) is 1. The Labute approximate surface area is 249 Å². The first-order chi connectivity index (χ1) is 20.0. The summed E-state index contributed by atoms with van der Waals surface area (Å²) in [4.78, 5) is 18.5. The third-order valence-electron chi connectivity index (χ3n) is 7.70. The Kier molecular flexibility index (Phi) is 14.9. The number of ether oxygens (including phenoxy) is 1. The number of fused-ring (bicyclic) bond motifs is 1. The van der Waals surface area contributed by atoms with Gasteiger partial charge in [-0.15, -0.1) is 0 Å². The Morgan fingerprint density at radius 3 is 2.29 bits per heavy atom. The number of pyridine rings is 1. The minimum atomic E-state index is 0.484. The van der Waals surface area contributed by atoms with Crippen LogP contribution in [0.25, 0.3) is 0 Å². The Bertz CT molecular complexity index is 1030. The van der Waals surface area contributed by atoms with E-state index in [1.165, 1.54) is 64.2 Å². The van der Waals surface area contributed by atoms with Crippen molar-refractivity contribution in [3.63, 3.8) is 0 Å². The minimum absolute atomic E-state index is 0.484. The summed E-state index contributed by atoms with van der Waals surface area (Å²) in [6.07, 6.45) is 19.1. The van der Waals surface area contributed by atoms with Crippen LogP contribution in [0.2, 0.25) is 0 Å². The zero-order valence-electron chi connectivity index (χ0n) is 26.1. The van der Waals surface area contributed by atoms with E-state index in [0.29, 0.717) is 12.4 Å². The second kappa shape index (κ2) is 18.7. The molecule has 0 spiro atoms. The molecule has 228 valence electrons. The van der Waals surface area contributed by atoms with E-state index in [1.807, 2.05) is 6.20 Å². The fourth-order valence-corrected chi connectivity index (χ4v) is 5.19. The number of hydrogen-bond donors (Lipinski definition) is 2. The lowest BCUT2D eigenvalue weighted by Crippen LogP contribution is -2.21. The first-order valence-electron chi connectivity index (χ1n) is 16.1. The normalized spacial score (nSPS) is 12.8. The van der Waals surface area contributed by atoms with Crippen molar-refractivity contribution < 1.29 is 4.74 Å². The number of rotatable bonds is 22. The largest absolute Gasteiger partial charge is 0.382 e. The van der Waals surface area contributed by atoms with Crippen molar-refractivity contribution in [3.8, 4) is 0 Å². The lowest BCUT2D eigenvalue weighted by molar-refractivity contribution is 0.125. The second-order valence-corrected chi connectivity index (χ2v) is 11.5. The Balaban J connectivity index is 1.33. The molecule has 0 bridgehead atoms. The van der Waals surface area contributed by atoms with E-state index >= 15 is 0 Å². The average Bonchev–Trinajstić information content (AvgIpc) is 3.27. The van der Waals surface area contributed by atoms with E-state index in [1.54, 1.807) is 0 Å². The van der Waals surface area contributed by atoms with Crippen LogP contribution in [0.15, 0.2) is 30.7 Å². The first kappa shape index (κ1) is 32.8. The van der Waals surface area contributed by atoms with E-state index in [-0.39, 0.29) is 0 Å². The fraction of sp³-hybridized carbons (Fsp3) is 0.667. The predicted octanol–water partition coefficient (Wildman–Crippen LogP) is 7.46. The standard InChI is InChI=1S/C33H55N7O/c1-5-7-9-10-11-12-16-22-41-23-17-13-15-21-39(4)26-29-20-19-28(24-35-29)25-40-27(3)36-31-32(34)37-30(38-33(31)40)18-14-8-6-2/h19-20,24,36H,3,5-18,21-23,25-26H2,1-2,4H3,(H2,34,37,38). The summed E-state index contributed by atoms with van der Waals surface area (Å²) in [6, 6.07) is 4.28. The minimum Gasteiger partial charge on any atom is -0.382 e. The van der Waals surface area contributed by atoms with E-state index in [4.69, 9.17) is 20.4 Å². The molecule has 0 fully saturated rings. The van der Waals surface area contributed by atoms with Crippen LogP contribution in [0, 0.1) is 0 Å².